The Hall–Kier alpha value is -2.09. The first-order valence-electron chi connectivity index (χ1n) is 9.14. The van der Waals surface area contributed by atoms with E-state index in [1.165, 1.54) is 12.1 Å². The fourth-order valence-corrected chi connectivity index (χ4v) is 3.42. The molecule has 2 fully saturated rings. The predicted molar refractivity (Wildman–Crippen MR) is 92.8 cm³/mol. The molecular weight excluding hydrogens is 361 g/mol. The average Bonchev–Trinajstić information content (AvgIpc) is 3.47. The maximum atomic E-state index is 13.0. The second kappa shape index (κ2) is 7.88. The van der Waals surface area contributed by atoms with Crippen molar-refractivity contribution in [3.05, 3.63) is 35.4 Å². The van der Waals surface area contributed by atoms with Gasteiger partial charge in [0.15, 0.2) is 0 Å². The Morgan fingerprint density at radius 3 is 2.67 bits per heavy atom. The zero-order valence-corrected chi connectivity index (χ0v) is 15.1. The number of carbonyl (C=O) groups is 1. The lowest BCUT2D eigenvalue weighted by atomic mass is 9.99. The van der Waals surface area contributed by atoms with Crippen molar-refractivity contribution < 1.29 is 27.4 Å². The minimum Gasteiger partial charge on any atom is -0.480 e. The second-order valence-corrected chi connectivity index (χ2v) is 6.86. The molecule has 0 bridgehead atoms. The number of halogens is 3. The Balaban J connectivity index is 1.79. The number of hydrogen-bond donors (Lipinski definition) is 1. The molecule has 1 saturated carbocycles. The molecule has 0 unspecified atom stereocenters. The first-order valence-corrected chi connectivity index (χ1v) is 9.14. The van der Waals surface area contributed by atoms with E-state index in [4.69, 9.17) is 14.9 Å². The lowest BCUT2D eigenvalue weighted by Crippen LogP contribution is -2.48. The first kappa shape index (κ1) is 19.7. The zero-order chi connectivity index (χ0) is 19.6. The molecule has 1 saturated heterocycles. The third-order valence-corrected chi connectivity index (χ3v) is 4.85. The smallest absolute Gasteiger partial charge is 0.416 e. The van der Waals surface area contributed by atoms with Gasteiger partial charge < -0.3 is 14.4 Å². The molecule has 5 nitrogen and oxygen atoms in total. The quantitative estimate of drug-likeness (QED) is 0.619. The molecule has 1 aromatic rings. The maximum absolute atomic E-state index is 13.0. The van der Waals surface area contributed by atoms with E-state index in [0.717, 1.165) is 25.0 Å². The zero-order valence-electron chi connectivity index (χ0n) is 15.1. The first-order chi connectivity index (χ1) is 12.8. The Morgan fingerprint density at radius 2 is 2.04 bits per heavy atom. The molecule has 0 spiro atoms. The van der Waals surface area contributed by atoms with Gasteiger partial charge >= 0.3 is 6.18 Å². The number of benzene rings is 1. The summed E-state index contributed by atoms with van der Waals surface area (Å²) in [5.74, 6) is -0.360. The van der Waals surface area contributed by atoms with Crippen LogP contribution in [0.1, 0.15) is 48.5 Å². The van der Waals surface area contributed by atoms with Gasteiger partial charge in [-0.15, -0.1) is 0 Å². The summed E-state index contributed by atoms with van der Waals surface area (Å²) in [6.45, 7) is 2.52. The predicted octanol–water partition coefficient (Wildman–Crippen LogP) is 3.87. The highest BCUT2D eigenvalue weighted by molar-refractivity contribution is 5.95. The summed E-state index contributed by atoms with van der Waals surface area (Å²) in [4.78, 5) is 14.7. The molecular formula is C19H23F3N2O3. The molecule has 1 aromatic carbocycles. The van der Waals surface area contributed by atoms with Gasteiger partial charge in [-0.05, 0) is 44.4 Å². The van der Waals surface area contributed by atoms with Gasteiger partial charge in [0.1, 0.15) is 6.10 Å². The van der Waals surface area contributed by atoms with Gasteiger partial charge in [-0.25, -0.2) is 0 Å². The van der Waals surface area contributed by atoms with E-state index in [1.54, 1.807) is 11.8 Å². The minimum absolute atomic E-state index is 0.0319. The standard InChI is InChI=1S/C19H23F3N2O3/c1-2-26-17(23)16-11-15(8-9-27-16)24(14-6-7-14)18(25)12-4-3-5-13(10-12)19(20,21)22/h3-5,10,14-16,23H,2,6-9,11H2,1H3/t15-,16+/m1/s1. The highest BCUT2D eigenvalue weighted by atomic mass is 19.4. The van der Waals surface area contributed by atoms with Gasteiger partial charge in [0.2, 0.25) is 5.90 Å². The summed E-state index contributed by atoms with van der Waals surface area (Å²) in [7, 11) is 0. The third kappa shape index (κ3) is 4.61. The molecule has 2 aliphatic rings. The van der Waals surface area contributed by atoms with Gasteiger partial charge in [-0.2, -0.15) is 13.2 Å². The van der Waals surface area contributed by atoms with Crippen LogP contribution in [-0.4, -0.2) is 48.1 Å². The van der Waals surface area contributed by atoms with Crippen molar-refractivity contribution in [1.82, 2.24) is 4.90 Å². The molecule has 2 atom stereocenters. The van der Waals surface area contributed by atoms with Gasteiger partial charge in [0.25, 0.3) is 5.91 Å². The molecule has 1 aliphatic heterocycles. The summed E-state index contributed by atoms with van der Waals surface area (Å²) in [5, 5.41) is 7.93. The lowest BCUT2D eigenvalue weighted by molar-refractivity contribution is -0.137. The number of nitrogens with one attached hydrogen (secondary N) is 1. The summed E-state index contributed by atoms with van der Waals surface area (Å²) in [6.07, 6.45) is -2.32. The molecule has 27 heavy (non-hydrogen) atoms. The molecule has 0 radical (unpaired) electrons. The Labute approximate surface area is 155 Å². The van der Waals surface area contributed by atoms with Crippen molar-refractivity contribution in [3.63, 3.8) is 0 Å². The van der Waals surface area contributed by atoms with Crippen LogP contribution in [0.5, 0.6) is 0 Å². The maximum Gasteiger partial charge on any atom is 0.416 e. The van der Waals surface area contributed by atoms with E-state index >= 15 is 0 Å². The Morgan fingerprint density at radius 1 is 1.30 bits per heavy atom. The molecule has 1 aliphatic carbocycles. The van der Waals surface area contributed by atoms with E-state index < -0.39 is 23.8 Å². The van der Waals surface area contributed by atoms with Crippen LogP contribution in [0.4, 0.5) is 13.2 Å². The summed E-state index contributed by atoms with van der Waals surface area (Å²) in [6, 6.07) is 4.42. The van der Waals surface area contributed by atoms with Crippen LogP contribution in [0, 0.1) is 5.41 Å². The molecule has 3 rings (SSSR count). The lowest BCUT2D eigenvalue weighted by Gasteiger charge is -2.37. The van der Waals surface area contributed by atoms with Crippen molar-refractivity contribution >= 4 is 11.8 Å². The summed E-state index contributed by atoms with van der Waals surface area (Å²) in [5.41, 5.74) is -0.785. The van der Waals surface area contributed by atoms with Crippen molar-refractivity contribution in [2.45, 2.75) is 57.0 Å². The highest BCUT2D eigenvalue weighted by Crippen LogP contribution is 2.35. The normalized spacial score (nSPS) is 23.0. The van der Waals surface area contributed by atoms with Gasteiger partial charge in [-0.3, -0.25) is 10.2 Å². The molecule has 8 heteroatoms. The average molecular weight is 384 g/mol. The van der Waals surface area contributed by atoms with Crippen LogP contribution in [0.3, 0.4) is 0 Å². The van der Waals surface area contributed by atoms with Gasteiger partial charge in [0, 0.05) is 30.7 Å². The minimum atomic E-state index is -4.49. The number of carbonyl (C=O) groups excluding carboxylic acids is 1. The number of rotatable bonds is 5. The van der Waals surface area contributed by atoms with Crippen LogP contribution >= 0.6 is 0 Å². The van der Waals surface area contributed by atoms with Crippen molar-refractivity contribution in [3.8, 4) is 0 Å². The monoisotopic (exact) mass is 384 g/mol. The fraction of sp³-hybridized carbons (Fsp3) is 0.579. The molecule has 1 N–H and O–H groups in total. The van der Waals surface area contributed by atoms with Crippen LogP contribution in [-0.2, 0) is 15.7 Å². The van der Waals surface area contributed by atoms with E-state index in [2.05, 4.69) is 0 Å². The Bertz CT molecular complexity index is 704. The van der Waals surface area contributed by atoms with Crippen molar-refractivity contribution in [1.29, 1.82) is 5.41 Å². The number of ether oxygens (including phenoxy) is 2. The fourth-order valence-electron chi connectivity index (χ4n) is 3.42. The van der Waals surface area contributed by atoms with E-state index in [1.807, 2.05) is 0 Å². The van der Waals surface area contributed by atoms with Crippen LogP contribution in [0.15, 0.2) is 24.3 Å². The van der Waals surface area contributed by atoms with Crippen LogP contribution < -0.4 is 0 Å². The van der Waals surface area contributed by atoms with E-state index in [-0.39, 0.29) is 23.5 Å². The van der Waals surface area contributed by atoms with Crippen molar-refractivity contribution in [2.24, 2.45) is 0 Å². The number of alkyl halides is 3. The summed E-state index contributed by atoms with van der Waals surface area (Å²) < 4.78 is 49.8. The van der Waals surface area contributed by atoms with Crippen molar-refractivity contribution in [2.75, 3.05) is 13.2 Å². The van der Waals surface area contributed by atoms with E-state index in [9.17, 15) is 18.0 Å². The number of hydrogen-bond acceptors (Lipinski definition) is 4. The van der Waals surface area contributed by atoms with Crippen LogP contribution in [0.25, 0.3) is 0 Å². The third-order valence-electron chi connectivity index (χ3n) is 4.85. The molecule has 1 heterocycles. The van der Waals surface area contributed by atoms with E-state index in [0.29, 0.717) is 26.1 Å². The highest BCUT2D eigenvalue weighted by Gasteiger charge is 2.41. The largest absolute Gasteiger partial charge is 0.480 e. The van der Waals surface area contributed by atoms with Crippen LogP contribution in [0.2, 0.25) is 0 Å². The SMILES string of the molecule is CCOC(=N)[C@@H]1C[C@H](N(C(=O)c2cccc(C(F)(F)F)c2)C2CC2)CCO1. The number of nitrogens with zero attached hydrogens (tertiary/aromatic N) is 1. The Kier molecular flexibility index (Phi) is 5.74. The molecule has 148 valence electrons. The number of amides is 1. The topological polar surface area (TPSA) is 62.6 Å². The van der Waals surface area contributed by atoms with Gasteiger partial charge in [0.05, 0.1) is 12.2 Å². The molecule has 1 amide bonds. The van der Waals surface area contributed by atoms with Gasteiger partial charge in [-0.1, -0.05) is 6.07 Å². The summed E-state index contributed by atoms with van der Waals surface area (Å²) >= 11 is 0. The molecule has 0 aromatic heterocycles. The second-order valence-electron chi connectivity index (χ2n) is 6.86.